The van der Waals surface area contributed by atoms with Gasteiger partial charge < -0.3 is 10.0 Å². The van der Waals surface area contributed by atoms with E-state index < -0.39 is 5.97 Å². The number of rotatable bonds is 5. The van der Waals surface area contributed by atoms with Crippen LogP contribution in [-0.4, -0.2) is 41.7 Å². The molecule has 2 saturated heterocycles. The number of carbonyl (C=O) groups is 1. The van der Waals surface area contributed by atoms with Gasteiger partial charge in [0.2, 0.25) is 0 Å². The van der Waals surface area contributed by atoms with Crippen molar-refractivity contribution in [3.63, 3.8) is 0 Å². The van der Waals surface area contributed by atoms with E-state index in [4.69, 9.17) is 5.11 Å². The van der Waals surface area contributed by atoms with Crippen LogP contribution in [0, 0.1) is 11.8 Å². The first-order valence-corrected chi connectivity index (χ1v) is 9.67. The quantitative estimate of drug-likeness (QED) is 0.754. The molecular formula is C21H26N4O2. The van der Waals surface area contributed by atoms with Crippen molar-refractivity contribution >= 4 is 11.8 Å². The minimum Gasteiger partial charge on any atom is -0.478 e. The molecule has 0 amide bonds. The number of hydrogen-bond acceptors (Lipinski definition) is 5. The predicted octanol–water partition coefficient (Wildman–Crippen LogP) is 2.33. The summed E-state index contributed by atoms with van der Waals surface area (Å²) in [6.07, 6.45) is 4.86. The summed E-state index contributed by atoms with van der Waals surface area (Å²) in [6.45, 7) is 2.91. The Bertz CT molecular complexity index is 766. The molecule has 2 aromatic rings. The molecule has 2 fully saturated rings. The first-order chi connectivity index (χ1) is 13.2. The van der Waals surface area contributed by atoms with Crippen molar-refractivity contribution < 1.29 is 9.90 Å². The fourth-order valence-electron chi connectivity index (χ4n) is 4.38. The van der Waals surface area contributed by atoms with Crippen LogP contribution in [0.15, 0.2) is 48.7 Å². The number of aromatic carboxylic acids is 1. The van der Waals surface area contributed by atoms with Crippen LogP contribution < -0.4 is 15.8 Å². The number of benzene rings is 1. The molecule has 3 N–H and O–H groups in total. The molecule has 0 radical (unpaired) electrons. The van der Waals surface area contributed by atoms with Crippen LogP contribution in [-0.2, 0) is 6.42 Å². The highest BCUT2D eigenvalue weighted by atomic mass is 16.4. The van der Waals surface area contributed by atoms with Crippen molar-refractivity contribution in [2.45, 2.75) is 25.3 Å². The third kappa shape index (κ3) is 4.12. The second kappa shape index (κ2) is 8.06. The van der Waals surface area contributed by atoms with Crippen molar-refractivity contribution in [1.82, 2.24) is 15.8 Å². The molecule has 6 nitrogen and oxygen atoms in total. The summed E-state index contributed by atoms with van der Waals surface area (Å²) < 4.78 is 0. The molecule has 6 heteroatoms. The molecule has 1 aromatic heterocycles. The lowest BCUT2D eigenvalue weighted by molar-refractivity contribution is 0.0696. The summed E-state index contributed by atoms with van der Waals surface area (Å²) in [6, 6.07) is 14.6. The van der Waals surface area contributed by atoms with Gasteiger partial charge in [0.1, 0.15) is 5.82 Å². The Morgan fingerprint density at radius 1 is 1.22 bits per heavy atom. The minimum absolute atomic E-state index is 0.233. The van der Waals surface area contributed by atoms with E-state index in [0.29, 0.717) is 17.9 Å². The van der Waals surface area contributed by atoms with E-state index in [0.717, 1.165) is 38.3 Å². The van der Waals surface area contributed by atoms with Crippen molar-refractivity contribution in [3.05, 3.63) is 59.8 Å². The van der Waals surface area contributed by atoms with Gasteiger partial charge in [0.05, 0.1) is 5.56 Å². The number of nitrogens with one attached hydrogen (secondary N) is 2. The summed E-state index contributed by atoms with van der Waals surface area (Å²) in [7, 11) is 0. The van der Waals surface area contributed by atoms with Crippen molar-refractivity contribution in [3.8, 4) is 0 Å². The van der Waals surface area contributed by atoms with Gasteiger partial charge in [0.15, 0.2) is 0 Å². The van der Waals surface area contributed by atoms with Gasteiger partial charge in [-0.05, 0) is 48.8 Å². The van der Waals surface area contributed by atoms with Crippen LogP contribution in [0.25, 0.3) is 0 Å². The number of pyridine rings is 1. The number of hydrazine groups is 1. The highest BCUT2D eigenvalue weighted by Gasteiger charge is 2.36. The average molecular weight is 366 g/mol. The molecule has 0 aliphatic carbocycles. The van der Waals surface area contributed by atoms with Crippen LogP contribution in [0.5, 0.6) is 0 Å². The van der Waals surface area contributed by atoms with E-state index in [2.05, 4.69) is 51.1 Å². The topological polar surface area (TPSA) is 77.5 Å². The summed E-state index contributed by atoms with van der Waals surface area (Å²) in [5.41, 5.74) is 8.50. The number of aromatic nitrogens is 1. The molecule has 27 heavy (non-hydrogen) atoms. The Morgan fingerprint density at radius 3 is 2.81 bits per heavy atom. The Morgan fingerprint density at radius 2 is 2.07 bits per heavy atom. The van der Waals surface area contributed by atoms with Gasteiger partial charge >= 0.3 is 5.97 Å². The molecular weight excluding hydrogens is 340 g/mol. The molecule has 0 saturated carbocycles. The lowest BCUT2D eigenvalue weighted by atomic mass is 9.81. The smallest absolute Gasteiger partial charge is 0.337 e. The van der Waals surface area contributed by atoms with Crippen LogP contribution in [0.1, 0.15) is 28.8 Å². The highest BCUT2D eigenvalue weighted by Crippen LogP contribution is 2.29. The van der Waals surface area contributed by atoms with Crippen molar-refractivity contribution in [2.24, 2.45) is 11.8 Å². The van der Waals surface area contributed by atoms with Gasteiger partial charge in [-0.2, -0.15) is 0 Å². The Kier molecular flexibility index (Phi) is 5.36. The number of anilines is 1. The predicted molar refractivity (Wildman–Crippen MR) is 105 cm³/mol. The van der Waals surface area contributed by atoms with E-state index in [1.54, 1.807) is 6.07 Å². The Balaban J connectivity index is 1.43. The summed E-state index contributed by atoms with van der Waals surface area (Å²) >= 11 is 0. The van der Waals surface area contributed by atoms with Gasteiger partial charge in [0, 0.05) is 31.9 Å². The molecule has 0 bridgehead atoms. The number of carboxylic acids is 1. The number of hydrogen-bond donors (Lipinski definition) is 3. The number of nitrogens with zero attached hydrogens (tertiary/aromatic N) is 2. The Hall–Kier alpha value is -2.44. The number of piperidine rings is 1. The standard InChI is InChI=1S/C21H26N4O2/c26-21(27)16-8-9-19(22-12-16)25-10-4-7-17(14-25)20-18(13-23-24-20)11-15-5-2-1-3-6-15/h1-3,5-6,8-9,12,17-18,20,23-24H,4,7,10-11,13-14H2,(H,26,27). The maximum atomic E-state index is 11.0. The van der Waals surface area contributed by atoms with Gasteiger partial charge in [-0.15, -0.1) is 0 Å². The lowest BCUT2D eigenvalue weighted by Crippen LogP contribution is -2.47. The molecule has 2 aliphatic rings. The highest BCUT2D eigenvalue weighted by molar-refractivity contribution is 5.87. The lowest BCUT2D eigenvalue weighted by Gasteiger charge is -2.38. The fraction of sp³-hybridized carbons (Fsp3) is 0.429. The SMILES string of the molecule is O=C(O)c1ccc(N2CCCC(C3NNCC3Cc3ccccc3)C2)nc1. The van der Waals surface area contributed by atoms with Crippen LogP contribution in [0.2, 0.25) is 0 Å². The molecule has 3 heterocycles. The second-order valence-corrected chi connectivity index (χ2v) is 7.56. The molecule has 4 rings (SSSR count). The molecule has 3 unspecified atom stereocenters. The number of carboxylic acid groups (broad SMARTS) is 1. The first kappa shape index (κ1) is 17.9. The molecule has 0 spiro atoms. The Labute approximate surface area is 159 Å². The van der Waals surface area contributed by atoms with Crippen molar-refractivity contribution in [1.29, 1.82) is 0 Å². The van der Waals surface area contributed by atoms with E-state index in [1.807, 2.05) is 6.07 Å². The van der Waals surface area contributed by atoms with Crippen LogP contribution in [0.3, 0.4) is 0 Å². The third-order valence-corrected chi connectivity index (χ3v) is 5.77. The second-order valence-electron chi connectivity index (χ2n) is 7.56. The zero-order valence-corrected chi connectivity index (χ0v) is 15.3. The van der Waals surface area contributed by atoms with Gasteiger partial charge in [0.25, 0.3) is 0 Å². The largest absolute Gasteiger partial charge is 0.478 e. The molecule has 3 atom stereocenters. The summed E-state index contributed by atoms with van der Waals surface area (Å²) in [5.74, 6) is 1.05. The van der Waals surface area contributed by atoms with E-state index >= 15 is 0 Å². The average Bonchev–Trinajstić information content (AvgIpc) is 3.17. The normalized spacial score (nSPS) is 25.5. The monoisotopic (exact) mass is 366 g/mol. The van der Waals surface area contributed by atoms with E-state index in [9.17, 15) is 4.79 Å². The van der Waals surface area contributed by atoms with E-state index in [-0.39, 0.29) is 5.56 Å². The third-order valence-electron chi connectivity index (χ3n) is 5.77. The zero-order valence-electron chi connectivity index (χ0n) is 15.3. The maximum absolute atomic E-state index is 11.0. The molecule has 142 valence electrons. The van der Waals surface area contributed by atoms with Crippen molar-refractivity contribution in [2.75, 3.05) is 24.5 Å². The zero-order chi connectivity index (χ0) is 18.6. The van der Waals surface area contributed by atoms with Crippen LogP contribution >= 0.6 is 0 Å². The first-order valence-electron chi connectivity index (χ1n) is 9.67. The minimum atomic E-state index is -0.935. The molecule has 1 aromatic carbocycles. The fourth-order valence-corrected chi connectivity index (χ4v) is 4.38. The van der Waals surface area contributed by atoms with E-state index in [1.165, 1.54) is 18.2 Å². The van der Waals surface area contributed by atoms with Crippen LogP contribution in [0.4, 0.5) is 5.82 Å². The van der Waals surface area contributed by atoms with Gasteiger partial charge in [-0.3, -0.25) is 10.9 Å². The maximum Gasteiger partial charge on any atom is 0.337 e. The summed E-state index contributed by atoms with van der Waals surface area (Å²) in [5, 5.41) is 9.05. The van der Waals surface area contributed by atoms with Gasteiger partial charge in [-0.25, -0.2) is 9.78 Å². The summed E-state index contributed by atoms with van der Waals surface area (Å²) in [4.78, 5) is 17.7. The van der Waals surface area contributed by atoms with Gasteiger partial charge in [-0.1, -0.05) is 30.3 Å². The molecule has 2 aliphatic heterocycles.